The van der Waals surface area contributed by atoms with Crippen molar-refractivity contribution in [1.29, 1.82) is 0 Å². The van der Waals surface area contributed by atoms with E-state index in [1.807, 2.05) is 35.2 Å². The first-order chi connectivity index (χ1) is 13.3. The molecule has 3 aromatic rings. The number of carbonyl (C=O) groups excluding carboxylic acids is 1. The van der Waals surface area contributed by atoms with E-state index in [4.69, 9.17) is 0 Å². The zero-order valence-electron chi connectivity index (χ0n) is 15.1. The van der Waals surface area contributed by atoms with Crippen LogP contribution in [0.4, 0.5) is 0 Å². The molecule has 2 aromatic heterocycles. The molecule has 5 rings (SSSR count). The predicted octanol–water partition coefficient (Wildman–Crippen LogP) is 1.95. The van der Waals surface area contributed by atoms with Crippen LogP contribution in [-0.4, -0.2) is 50.2 Å². The van der Waals surface area contributed by atoms with Crippen LogP contribution >= 0.6 is 0 Å². The quantitative estimate of drug-likeness (QED) is 0.754. The first-order valence-electron chi connectivity index (χ1n) is 9.57. The Morgan fingerprint density at radius 1 is 1.15 bits per heavy atom. The number of pyridine rings is 1. The van der Waals surface area contributed by atoms with Crippen LogP contribution in [-0.2, 0) is 13.1 Å². The van der Waals surface area contributed by atoms with Crippen LogP contribution in [0.3, 0.4) is 0 Å². The van der Waals surface area contributed by atoms with Crippen LogP contribution in [0.5, 0.6) is 0 Å². The Morgan fingerprint density at radius 3 is 3.04 bits per heavy atom. The molecular weight excluding hydrogens is 340 g/mol. The van der Waals surface area contributed by atoms with Gasteiger partial charge in [0.2, 0.25) is 0 Å². The molecule has 0 unspecified atom stereocenters. The fourth-order valence-electron chi connectivity index (χ4n) is 4.23. The van der Waals surface area contributed by atoms with Gasteiger partial charge in [-0.1, -0.05) is 24.3 Å². The molecule has 0 spiro atoms. The fraction of sp³-hybridized carbons (Fsp3) is 0.400. The van der Waals surface area contributed by atoms with Gasteiger partial charge in [-0.25, -0.2) is 0 Å². The van der Waals surface area contributed by atoms with E-state index in [0.717, 1.165) is 61.4 Å². The third-order valence-corrected chi connectivity index (χ3v) is 5.60. The molecule has 1 atom stereocenters. The van der Waals surface area contributed by atoms with Gasteiger partial charge in [-0.05, 0) is 24.3 Å². The van der Waals surface area contributed by atoms with Crippen molar-refractivity contribution in [2.45, 2.75) is 31.8 Å². The lowest BCUT2D eigenvalue weighted by molar-refractivity contribution is 0.0699. The number of piperidine rings is 1. The van der Waals surface area contributed by atoms with E-state index >= 15 is 0 Å². The summed E-state index contributed by atoms with van der Waals surface area (Å²) in [6.07, 6.45) is 3.73. The second-order valence-corrected chi connectivity index (χ2v) is 7.27. The molecule has 7 nitrogen and oxygen atoms in total. The van der Waals surface area contributed by atoms with Crippen LogP contribution in [0, 0.1) is 0 Å². The molecule has 1 saturated heterocycles. The van der Waals surface area contributed by atoms with E-state index in [2.05, 4.69) is 25.1 Å². The first-order valence-corrected chi connectivity index (χ1v) is 9.57. The van der Waals surface area contributed by atoms with E-state index in [0.29, 0.717) is 12.2 Å². The Hall–Kier alpha value is -2.80. The number of benzene rings is 1. The first kappa shape index (κ1) is 16.4. The van der Waals surface area contributed by atoms with E-state index in [1.165, 1.54) is 0 Å². The van der Waals surface area contributed by atoms with Gasteiger partial charge in [-0.3, -0.25) is 9.78 Å². The highest BCUT2D eigenvalue weighted by Gasteiger charge is 2.31. The summed E-state index contributed by atoms with van der Waals surface area (Å²) in [5.41, 5.74) is 0.543. The van der Waals surface area contributed by atoms with Crippen LogP contribution < -0.4 is 5.32 Å². The molecule has 1 N–H and O–H groups in total. The molecule has 2 aliphatic heterocycles. The third kappa shape index (κ3) is 2.88. The minimum Gasteiger partial charge on any atom is -0.337 e. The number of likely N-dealkylation sites (tertiary alicyclic amines) is 1. The van der Waals surface area contributed by atoms with Gasteiger partial charge in [0.05, 0.1) is 6.54 Å². The van der Waals surface area contributed by atoms with Crippen molar-refractivity contribution in [3.05, 3.63) is 53.9 Å². The highest BCUT2D eigenvalue weighted by atomic mass is 16.2. The van der Waals surface area contributed by atoms with Crippen molar-refractivity contribution in [2.75, 3.05) is 19.6 Å². The van der Waals surface area contributed by atoms with Gasteiger partial charge in [0.1, 0.15) is 17.3 Å². The number of carbonyl (C=O) groups is 1. The number of rotatable bonds is 2. The number of aromatic nitrogens is 4. The lowest BCUT2D eigenvalue weighted by atomic mass is 9.96. The molecule has 1 amide bonds. The Morgan fingerprint density at radius 2 is 2.07 bits per heavy atom. The van der Waals surface area contributed by atoms with E-state index in [1.54, 1.807) is 6.20 Å². The molecule has 138 valence electrons. The maximum Gasteiger partial charge on any atom is 0.273 e. The number of hydrogen-bond donors (Lipinski definition) is 1. The van der Waals surface area contributed by atoms with Crippen molar-refractivity contribution in [2.24, 2.45) is 0 Å². The van der Waals surface area contributed by atoms with Gasteiger partial charge in [0.25, 0.3) is 5.91 Å². The van der Waals surface area contributed by atoms with Gasteiger partial charge in [0, 0.05) is 43.7 Å². The Bertz CT molecular complexity index is 992. The molecule has 1 aromatic carbocycles. The minimum atomic E-state index is 0.0107. The second-order valence-electron chi connectivity index (χ2n) is 7.27. The minimum absolute atomic E-state index is 0.0107. The lowest BCUT2D eigenvalue weighted by Crippen LogP contribution is -2.40. The van der Waals surface area contributed by atoms with Gasteiger partial charge in [0.15, 0.2) is 0 Å². The van der Waals surface area contributed by atoms with Crippen molar-refractivity contribution in [3.63, 3.8) is 0 Å². The molecule has 27 heavy (non-hydrogen) atoms. The Kier molecular flexibility index (Phi) is 4.09. The van der Waals surface area contributed by atoms with Crippen molar-refractivity contribution >= 4 is 16.7 Å². The SMILES string of the molecule is O=C(c1nccc2ccccc12)N1CCC[C@H](c2nnc3n2CCNC3)C1. The second kappa shape index (κ2) is 6.74. The van der Waals surface area contributed by atoms with E-state index in [9.17, 15) is 4.79 Å². The van der Waals surface area contributed by atoms with Gasteiger partial charge < -0.3 is 14.8 Å². The molecule has 0 bridgehead atoms. The topological polar surface area (TPSA) is 75.9 Å². The number of nitrogens with one attached hydrogen (secondary N) is 1. The summed E-state index contributed by atoms with van der Waals surface area (Å²) in [5.74, 6) is 2.26. The summed E-state index contributed by atoms with van der Waals surface area (Å²) in [5, 5.41) is 14.1. The summed E-state index contributed by atoms with van der Waals surface area (Å²) in [4.78, 5) is 19.6. The lowest BCUT2D eigenvalue weighted by Gasteiger charge is -2.32. The normalized spacial score (nSPS) is 19.9. The average molecular weight is 362 g/mol. The summed E-state index contributed by atoms with van der Waals surface area (Å²) < 4.78 is 2.23. The summed E-state index contributed by atoms with van der Waals surface area (Å²) in [6, 6.07) is 9.87. The van der Waals surface area contributed by atoms with Crippen molar-refractivity contribution < 1.29 is 4.79 Å². The molecular formula is C20H22N6O. The third-order valence-electron chi connectivity index (χ3n) is 5.60. The predicted molar refractivity (Wildman–Crippen MR) is 101 cm³/mol. The number of amides is 1. The highest BCUT2D eigenvalue weighted by molar-refractivity contribution is 6.05. The Balaban J connectivity index is 1.42. The van der Waals surface area contributed by atoms with Gasteiger partial charge >= 0.3 is 0 Å². The monoisotopic (exact) mass is 362 g/mol. The molecule has 2 aliphatic rings. The highest BCUT2D eigenvalue weighted by Crippen LogP contribution is 2.28. The molecule has 7 heteroatoms. The van der Waals surface area contributed by atoms with Crippen LogP contribution in [0.15, 0.2) is 36.5 Å². The van der Waals surface area contributed by atoms with Crippen molar-refractivity contribution in [3.8, 4) is 0 Å². The molecule has 0 radical (unpaired) electrons. The zero-order chi connectivity index (χ0) is 18.2. The molecule has 0 saturated carbocycles. The molecule has 1 fully saturated rings. The van der Waals surface area contributed by atoms with E-state index in [-0.39, 0.29) is 11.8 Å². The Labute approximate surface area is 157 Å². The van der Waals surface area contributed by atoms with Gasteiger partial charge in [-0.2, -0.15) is 0 Å². The maximum absolute atomic E-state index is 13.2. The summed E-state index contributed by atoms with van der Waals surface area (Å²) in [7, 11) is 0. The van der Waals surface area contributed by atoms with Gasteiger partial charge in [-0.15, -0.1) is 10.2 Å². The van der Waals surface area contributed by atoms with Crippen LogP contribution in [0.2, 0.25) is 0 Å². The van der Waals surface area contributed by atoms with E-state index < -0.39 is 0 Å². The average Bonchev–Trinajstić information content (AvgIpc) is 3.17. The molecule has 0 aliphatic carbocycles. The maximum atomic E-state index is 13.2. The largest absolute Gasteiger partial charge is 0.337 e. The summed E-state index contributed by atoms with van der Waals surface area (Å²) in [6.45, 7) is 4.04. The van der Waals surface area contributed by atoms with Crippen molar-refractivity contribution in [1.82, 2.24) is 30.0 Å². The van der Waals surface area contributed by atoms with Crippen LogP contribution in [0.1, 0.15) is 40.9 Å². The zero-order valence-corrected chi connectivity index (χ0v) is 15.1. The summed E-state index contributed by atoms with van der Waals surface area (Å²) >= 11 is 0. The number of fused-ring (bicyclic) bond motifs is 2. The van der Waals surface area contributed by atoms with Crippen LogP contribution in [0.25, 0.3) is 10.8 Å². The number of nitrogens with zero attached hydrogens (tertiary/aromatic N) is 5. The smallest absolute Gasteiger partial charge is 0.273 e. The fourth-order valence-corrected chi connectivity index (χ4v) is 4.23. The standard InChI is InChI=1S/C20H22N6O/c27-20(18-16-6-2-1-4-14(16)7-8-22-18)25-10-3-5-15(13-25)19-24-23-17-12-21-9-11-26(17)19/h1-2,4,6-8,15,21H,3,5,9-13H2/t15-/m0/s1. The molecule has 4 heterocycles. The number of hydrogen-bond acceptors (Lipinski definition) is 5.